The Kier molecular flexibility index (Phi) is 7.86. The van der Waals surface area contributed by atoms with Gasteiger partial charge in [0.05, 0.1) is 19.7 Å². The number of nitrogens with one attached hydrogen (secondary N) is 2. The number of rotatable bonds is 3. The molecule has 6 heterocycles. The summed E-state index contributed by atoms with van der Waals surface area (Å²) in [5.41, 5.74) is 1.89. The van der Waals surface area contributed by atoms with Gasteiger partial charge in [-0.05, 0) is 41.8 Å². The van der Waals surface area contributed by atoms with E-state index in [9.17, 15) is 9.59 Å². The molecular formula is C27H30N4O5S. The Labute approximate surface area is 219 Å². The highest BCUT2D eigenvalue weighted by molar-refractivity contribution is 7.09. The number of ether oxygens (including phenoxy) is 3. The SMILES string of the molecule is COc1cc2ccc1OCC(=O)NCc1ccc(cc1)O[C@H]1CN(Cc3nccs3)C[C@@H]1NC(=O)CC2. The molecule has 10 heteroatoms. The normalized spacial score (nSPS) is 20.9. The van der Waals surface area contributed by atoms with Gasteiger partial charge in [0.15, 0.2) is 18.1 Å². The molecule has 9 nitrogen and oxygen atoms in total. The average molecular weight is 523 g/mol. The van der Waals surface area contributed by atoms with Crippen molar-refractivity contribution in [1.82, 2.24) is 20.5 Å². The number of likely N-dealkylation sites (tertiary alicyclic amines) is 1. The van der Waals surface area contributed by atoms with E-state index in [0.717, 1.165) is 28.4 Å². The number of carbonyl (C=O) groups excluding carboxylic acids is 2. The van der Waals surface area contributed by atoms with Gasteiger partial charge < -0.3 is 24.8 Å². The number of aryl methyl sites for hydroxylation is 1. The molecular weight excluding hydrogens is 492 g/mol. The van der Waals surface area contributed by atoms with Gasteiger partial charge in [-0.3, -0.25) is 14.5 Å². The number of carbonyl (C=O) groups is 2. The van der Waals surface area contributed by atoms with Gasteiger partial charge in [-0.2, -0.15) is 0 Å². The zero-order valence-corrected chi connectivity index (χ0v) is 21.5. The van der Waals surface area contributed by atoms with Crippen LogP contribution in [0.3, 0.4) is 0 Å². The van der Waals surface area contributed by atoms with Gasteiger partial charge in [0.1, 0.15) is 16.9 Å². The van der Waals surface area contributed by atoms with Crippen molar-refractivity contribution in [3.8, 4) is 17.2 Å². The molecule has 37 heavy (non-hydrogen) atoms. The number of hydrogen-bond acceptors (Lipinski definition) is 8. The molecule has 0 radical (unpaired) electrons. The molecule has 1 saturated heterocycles. The quantitative estimate of drug-likeness (QED) is 0.545. The van der Waals surface area contributed by atoms with Crippen LogP contribution in [-0.2, 0) is 29.1 Å². The monoisotopic (exact) mass is 522 g/mol. The van der Waals surface area contributed by atoms with Crippen LogP contribution in [-0.4, -0.2) is 60.7 Å². The Bertz CT molecular complexity index is 1220. The number of nitrogens with zero attached hydrogens (tertiary/aromatic N) is 2. The van der Waals surface area contributed by atoms with E-state index in [-0.39, 0.29) is 30.6 Å². The Balaban J connectivity index is 1.35. The molecule has 2 amide bonds. The molecule has 5 aliphatic heterocycles. The van der Waals surface area contributed by atoms with E-state index in [1.165, 1.54) is 0 Å². The maximum atomic E-state index is 12.9. The Morgan fingerprint density at radius 1 is 1.08 bits per heavy atom. The van der Waals surface area contributed by atoms with Gasteiger partial charge in [0.2, 0.25) is 5.91 Å². The number of thiazole rings is 1. The maximum absolute atomic E-state index is 12.9. The molecule has 2 N–H and O–H groups in total. The number of amides is 2. The number of benzene rings is 2. The molecule has 0 unspecified atom stereocenters. The van der Waals surface area contributed by atoms with Gasteiger partial charge in [-0.25, -0.2) is 4.98 Å². The van der Waals surface area contributed by atoms with Crippen molar-refractivity contribution in [1.29, 1.82) is 0 Å². The second-order valence-electron chi connectivity index (χ2n) is 9.14. The first-order valence-corrected chi connectivity index (χ1v) is 13.2. The highest BCUT2D eigenvalue weighted by Gasteiger charge is 2.35. The molecule has 2 atom stereocenters. The van der Waals surface area contributed by atoms with Crippen LogP contribution < -0.4 is 24.8 Å². The van der Waals surface area contributed by atoms with Crippen LogP contribution in [0.1, 0.15) is 22.6 Å². The summed E-state index contributed by atoms with van der Waals surface area (Å²) >= 11 is 1.62. The molecule has 5 aliphatic rings. The van der Waals surface area contributed by atoms with Crippen LogP contribution in [0, 0.1) is 0 Å². The number of aromatic nitrogens is 1. The smallest absolute Gasteiger partial charge is 0.258 e. The van der Waals surface area contributed by atoms with Gasteiger partial charge in [0.25, 0.3) is 5.91 Å². The number of hydrogen-bond donors (Lipinski definition) is 2. The summed E-state index contributed by atoms with van der Waals surface area (Å²) in [6, 6.07) is 13.0. The summed E-state index contributed by atoms with van der Waals surface area (Å²) < 4.78 is 17.5. The highest BCUT2D eigenvalue weighted by atomic mass is 32.1. The van der Waals surface area contributed by atoms with Crippen molar-refractivity contribution in [3.63, 3.8) is 0 Å². The summed E-state index contributed by atoms with van der Waals surface area (Å²) in [6.45, 7) is 2.33. The first-order chi connectivity index (χ1) is 18.1. The van der Waals surface area contributed by atoms with Gasteiger partial charge >= 0.3 is 0 Å². The Hall–Kier alpha value is -3.63. The molecule has 3 aromatic rings. The minimum absolute atomic E-state index is 0.0320. The van der Waals surface area contributed by atoms with Crippen LogP contribution in [0.2, 0.25) is 0 Å². The summed E-state index contributed by atoms with van der Waals surface area (Å²) in [5.74, 6) is 1.47. The summed E-state index contributed by atoms with van der Waals surface area (Å²) in [7, 11) is 1.55. The molecule has 0 aliphatic carbocycles. The third-order valence-corrected chi connectivity index (χ3v) is 7.22. The fraction of sp³-hybridized carbons (Fsp3) is 0.370. The lowest BCUT2D eigenvalue weighted by Gasteiger charge is -2.22. The summed E-state index contributed by atoms with van der Waals surface area (Å²) in [5, 5.41) is 9.08. The lowest BCUT2D eigenvalue weighted by molar-refractivity contribution is -0.123. The predicted molar refractivity (Wildman–Crippen MR) is 139 cm³/mol. The lowest BCUT2D eigenvalue weighted by Crippen LogP contribution is -2.45. The van der Waals surface area contributed by atoms with E-state index in [4.69, 9.17) is 14.2 Å². The maximum Gasteiger partial charge on any atom is 0.258 e. The highest BCUT2D eigenvalue weighted by Crippen LogP contribution is 2.29. The molecule has 0 spiro atoms. The third-order valence-electron chi connectivity index (χ3n) is 6.46. The van der Waals surface area contributed by atoms with E-state index in [0.29, 0.717) is 44.0 Å². The Morgan fingerprint density at radius 3 is 2.70 bits per heavy atom. The third kappa shape index (κ3) is 6.58. The molecule has 1 fully saturated rings. The summed E-state index contributed by atoms with van der Waals surface area (Å²) in [4.78, 5) is 31.9. The molecule has 194 valence electrons. The minimum atomic E-state index is -0.230. The van der Waals surface area contributed by atoms with E-state index in [1.54, 1.807) is 24.5 Å². The zero-order valence-electron chi connectivity index (χ0n) is 20.6. The minimum Gasteiger partial charge on any atom is -0.493 e. The van der Waals surface area contributed by atoms with Crippen molar-refractivity contribution in [2.24, 2.45) is 0 Å². The largest absolute Gasteiger partial charge is 0.493 e. The molecule has 8 rings (SSSR count). The number of methoxy groups -OCH3 is 1. The summed E-state index contributed by atoms with van der Waals surface area (Å²) in [6.07, 6.45) is 2.49. The van der Waals surface area contributed by atoms with Gasteiger partial charge in [0, 0.05) is 37.6 Å². The second kappa shape index (κ2) is 11.6. The predicted octanol–water partition coefficient (Wildman–Crippen LogP) is 2.54. The van der Waals surface area contributed by atoms with Crippen molar-refractivity contribution in [3.05, 3.63) is 70.2 Å². The van der Waals surface area contributed by atoms with Crippen molar-refractivity contribution in [2.75, 3.05) is 26.8 Å². The van der Waals surface area contributed by atoms with Crippen LogP contribution in [0.15, 0.2) is 54.0 Å². The van der Waals surface area contributed by atoms with Crippen LogP contribution >= 0.6 is 11.3 Å². The molecule has 4 bridgehead atoms. The van der Waals surface area contributed by atoms with Crippen LogP contribution in [0.5, 0.6) is 17.2 Å². The van der Waals surface area contributed by atoms with E-state index < -0.39 is 0 Å². The molecule has 1 aromatic heterocycles. The topological polar surface area (TPSA) is 102 Å². The lowest BCUT2D eigenvalue weighted by atomic mass is 10.1. The van der Waals surface area contributed by atoms with Crippen LogP contribution in [0.25, 0.3) is 0 Å². The van der Waals surface area contributed by atoms with Crippen molar-refractivity contribution >= 4 is 23.2 Å². The first-order valence-electron chi connectivity index (χ1n) is 12.3. The van der Waals surface area contributed by atoms with E-state index in [1.807, 2.05) is 48.0 Å². The second-order valence-corrected chi connectivity index (χ2v) is 10.1. The standard InChI is InChI=1S/C27H30N4O5S/c1-34-23-12-18-4-8-22(23)35-17-26(33)29-13-19-2-6-20(7-3-19)36-24-15-31(16-27-28-10-11-37-27)14-21(24)30-25(32)9-5-18/h2-4,6-8,10-12,21,24H,5,9,13-17H2,1H3,(H,29,33)(H,30,32)/t21-,24-/m0/s1. The average Bonchev–Trinajstić information content (AvgIpc) is 3.55. The molecule has 2 aromatic carbocycles. The van der Waals surface area contributed by atoms with E-state index >= 15 is 0 Å². The van der Waals surface area contributed by atoms with Crippen LogP contribution in [0.4, 0.5) is 0 Å². The van der Waals surface area contributed by atoms with Crippen molar-refractivity contribution in [2.45, 2.75) is 38.1 Å². The molecule has 0 saturated carbocycles. The first kappa shape index (κ1) is 25.0. The fourth-order valence-electron chi connectivity index (χ4n) is 4.54. The zero-order chi connectivity index (χ0) is 25.6. The van der Waals surface area contributed by atoms with Crippen molar-refractivity contribution < 1.29 is 23.8 Å². The Morgan fingerprint density at radius 2 is 1.92 bits per heavy atom. The van der Waals surface area contributed by atoms with Gasteiger partial charge in [-0.15, -0.1) is 11.3 Å². The van der Waals surface area contributed by atoms with E-state index in [2.05, 4.69) is 20.5 Å². The fourth-order valence-corrected chi connectivity index (χ4v) is 5.20. The van der Waals surface area contributed by atoms with Gasteiger partial charge in [-0.1, -0.05) is 18.2 Å².